The molecule has 1 aliphatic carbocycles. The summed E-state index contributed by atoms with van der Waals surface area (Å²) in [5.41, 5.74) is 2.14. The molecule has 3 heteroatoms. The Balaban J connectivity index is 2.21. The van der Waals surface area contributed by atoms with Gasteiger partial charge in [0.1, 0.15) is 0 Å². The predicted octanol–water partition coefficient (Wildman–Crippen LogP) is 2.79. The Bertz CT molecular complexity index is 345. The standard InChI is InChI=1S/C12H18N2O/c1-8(2)10-6-11(13-3)12(7-14-10)15-9-4-5-9/h6-9H,4-5H2,1-3H3,(H,13,14). The highest BCUT2D eigenvalue weighted by molar-refractivity contribution is 5.56. The van der Waals surface area contributed by atoms with Gasteiger partial charge in [0.05, 0.1) is 18.0 Å². The van der Waals surface area contributed by atoms with Crippen molar-refractivity contribution in [3.05, 3.63) is 18.0 Å². The third-order valence-corrected chi connectivity index (χ3v) is 2.57. The number of nitrogens with zero attached hydrogens (tertiary/aromatic N) is 1. The van der Waals surface area contributed by atoms with Crippen molar-refractivity contribution in [2.75, 3.05) is 12.4 Å². The zero-order valence-corrected chi connectivity index (χ0v) is 9.58. The number of rotatable bonds is 4. The Hall–Kier alpha value is -1.25. The van der Waals surface area contributed by atoms with Gasteiger partial charge in [-0.2, -0.15) is 0 Å². The number of ether oxygens (including phenoxy) is 1. The van der Waals surface area contributed by atoms with E-state index in [0.29, 0.717) is 12.0 Å². The summed E-state index contributed by atoms with van der Waals surface area (Å²) in [7, 11) is 1.92. The quantitative estimate of drug-likeness (QED) is 0.822. The number of hydrogen-bond acceptors (Lipinski definition) is 3. The summed E-state index contributed by atoms with van der Waals surface area (Å²) >= 11 is 0. The maximum absolute atomic E-state index is 5.76. The summed E-state index contributed by atoms with van der Waals surface area (Å²) in [5.74, 6) is 1.33. The summed E-state index contributed by atoms with van der Waals surface area (Å²) in [6.45, 7) is 4.28. The second kappa shape index (κ2) is 4.09. The van der Waals surface area contributed by atoms with Crippen molar-refractivity contribution >= 4 is 5.69 Å². The van der Waals surface area contributed by atoms with Crippen LogP contribution in [0.25, 0.3) is 0 Å². The molecule has 0 aromatic carbocycles. The molecule has 0 unspecified atom stereocenters. The Morgan fingerprint density at radius 2 is 2.20 bits per heavy atom. The van der Waals surface area contributed by atoms with E-state index in [9.17, 15) is 0 Å². The van der Waals surface area contributed by atoms with Crippen molar-refractivity contribution in [1.82, 2.24) is 4.98 Å². The maximum Gasteiger partial charge on any atom is 0.161 e. The van der Waals surface area contributed by atoms with Gasteiger partial charge in [0.2, 0.25) is 0 Å². The molecule has 0 atom stereocenters. The van der Waals surface area contributed by atoms with Crippen LogP contribution in [-0.4, -0.2) is 18.1 Å². The molecule has 0 spiro atoms. The van der Waals surface area contributed by atoms with Crippen LogP contribution in [0.1, 0.15) is 38.3 Å². The van der Waals surface area contributed by atoms with Crippen molar-refractivity contribution in [2.24, 2.45) is 0 Å². The van der Waals surface area contributed by atoms with Gasteiger partial charge in [-0.05, 0) is 24.8 Å². The van der Waals surface area contributed by atoms with Crippen LogP contribution in [0.2, 0.25) is 0 Å². The van der Waals surface area contributed by atoms with E-state index < -0.39 is 0 Å². The van der Waals surface area contributed by atoms with Gasteiger partial charge in [-0.1, -0.05) is 13.8 Å². The van der Waals surface area contributed by atoms with Gasteiger partial charge in [0.25, 0.3) is 0 Å². The number of aromatic nitrogens is 1. The molecular formula is C12H18N2O. The fourth-order valence-electron chi connectivity index (χ4n) is 1.43. The van der Waals surface area contributed by atoms with Crippen LogP contribution in [0, 0.1) is 0 Å². The molecule has 0 amide bonds. The van der Waals surface area contributed by atoms with E-state index in [1.807, 2.05) is 13.2 Å². The molecule has 1 saturated carbocycles. The molecule has 1 heterocycles. The summed E-state index contributed by atoms with van der Waals surface area (Å²) in [6, 6.07) is 2.07. The maximum atomic E-state index is 5.76. The fraction of sp³-hybridized carbons (Fsp3) is 0.583. The van der Waals surface area contributed by atoms with Crippen LogP contribution in [0.3, 0.4) is 0 Å². The third-order valence-electron chi connectivity index (χ3n) is 2.57. The minimum absolute atomic E-state index is 0.420. The molecular weight excluding hydrogens is 188 g/mol. The van der Waals surface area contributed by atoms with Crippen LogP contribution in [-0.2, 0) is 0 Å². The lowest BCUT2D eigenvalue weighted by Gasteiger charge is -2.12. The fourth-order valence-corrected chi connectivity index (χ4v) is 1.43. The zero-order chi connectivity index (χ0) is 10.8. The van der Waals surface area contributed by atoms with E-state index in [4.69, 9.17) is 4.74 Å². The topological polar surface area (TPSA) is 34.2 Å². The summed E-state index contributed by atoms with van der Waals surface area (Å²) < 4.78 is 5.76. The van der Waals surface area contributed by atoms with Crippen molar-refractivity contribution in [3.8, 4) is 5.75 Å². The number of anilines is 1. The minimum Gasteiger partial charge on any atom is -0.487 e. The monoisotopic (exact) mass is 206 g/mol. The van der Waals surface area contributed by atoms with Gasteiger partial charge >= 0.3 is 0 Å². The lowest BCUT2D eigenvalue weighted by atomic mass is 10.1. The van der Waals surface area contributed by atoms with Crippen LogP contribution in [0.5, 0.6) is 5.75 Å². The van der Waals surface area contributed by atoms with Crippen molar-refractivity contribution in [1.29, 1.82) is 0 Å². The molecule has 0 aliphatic heterocycles. The summed E-state index contributed by atoms with van der Waals surface area (Å²) in [5, 5.41) is 3.16. The average molecular weight is 206 g/mol. The Morgan fingerprint density at radius 1 is 1.47 bits per heavy atom. The second-order valence-electron chi connectivity index (χ2n) is 4.33. The molecule has 0 radical (unpaired) electrons. The largest absolute Gasteiger partial charge is 0.487 e. The molecule has 0 bridgehead atoms. The van der Waals surface area contributed by atoms with Gasteiger partial charge in [0.15, 0.2) is 5.75 Å². The molecule has 0 saturated heterocycles. The number of hydrogen-bond donors (Lipinski definition) is 1. The van der Waals surface area contributed by atoms with E-state index in [0.717, 1.165) is 17.1 Å². The van der Waals surface area contributed by atoms with Crippen LogP contribution >= 0.6 is 0 Å². The first-order valence-corrected chi connectivity index (χ1v) is 5.55. The van der Waals surface area contributed by atoms with E-state index in [-0.39, 0.29) is 0 Å². The van der Waals surface area contributed by atoms with E-state index in [2.05, 4.69) is 30.2 Å². The number of pyridine rings is 1. The van der Waals surface area contributed by atoms with Crippen molar-refractivity contribution in [2.45, 2.75) is 38.7 Å². The van der Waals surface area contributed by atoms with Crippen LogP contribution < -0.4 is 10.1 Å². The molecule has 1 fully saturated rings. The highest BCUT2D eigenvalue weighted by Gasteiger charge is 2.24. The Morgan fingerprint density at radius 3 is 2.73 bits per heavy atom. The summed E-state index contributed by atoms with van der Waals surface area (Å²) in [6.07, 6.45) is 4.60. The van der Waals surface area contributed by atoms with Gasteiger partial charge in [0, 0.05) is 12.7 Å². The van der Waals surface area contributed by atoms with Crippen molar-refractivity contribution < 1.29 is 4.74 Å². The number of nitrogens with one attached hydrogen (secondary N) is 1. The predicted molar refractivity (Wildman–Crippen MR) is 61.5 cm³/mol. The lowest BCUT2D eigenvalue weighted by Crippen LogP contribution is -2.03. The first-order valence-electron chi connectivity index (χ1n) is 5.55. The second-order valence-corrected chi connectivity index (χ2v) is 4.33. The van der Waals surface area contributed by atoms with E-state index in [1.165, 1.54) is 12.8 Å². The molecule has 2 rings (SSSR count). The van der Waals surface area contributed by atoms with Gasteiger partial charge in [-0.3, -0.25) is 4.98 Å². The third kappa shape index (κ3) is 2.41. The van der Waals surface area contributed by atoms with Crippen LogP contribution in [0.15, 0.2) is 12.3 Å². The lowest BCUT2D eigenvalue weighted by molar-refractivity contribution is 0.303. The Labute approximate surface area is 90.9 Å². The molecule has 1 aromatic rings. The minimum atomic E-state index is 0.420. The average Bonchev–Trinajstić information content (AvgIpc) is 3.02. The molecule has 3 nitrogen and oxygen atoms in total. The Kier molecular flexibility index (Phi) is 2.80. The van der Waals surface area contributed by atoms with Crippen molar-refractivity contribution in [3.63, 3.8) is 0 Å². The van der Waals surface area contributed by atoms with Gasteiger partial charge in [-0.25, -0.2) is 0 Å². The molecule has 1 N–H and O–H groups in total. The molecule has 82 valence electrons. The highest BCUT2D eigenvalue weighted by atomic mass is 16.5. The first kappa shape index (κ1) is 10.3. The molecule has 15 heavy (non-hydrogen) atoms. The normalized spacial score (nSPS) is 15.5. The smallest absolute Gasteiger partial charge is 0.161 e. The highest BCUT2D eigenvalue weighted by Crippen LogP contribution is 2.32. The summed E-state index contributed by atoms with van der Waals surface area (Å²) in [4.78, 5) is 4.40. The van der Waals surface area contributed by atoms with Gasteiger partial charge < -0.3 is 10.1 Å². The van der Waals surface area contributed by atoms with Gasteiger partial charge in [-0.15, -0.1) is 0 Å². The SMILES string of the molecule is CNc1cc(C(C)C)ncc1OC1CC1. The van der Waals surface area contributed by atoms with E-state index in [1.54, 1.807) is 0 Å². The molecule has 1 aliphatic rings. The zero-order valence-electron chi connectivity index (χ0n) is 9.58. The first-order chi connectivity index (χ1) is 7.20. The van der Waals surface area contributed by atoms with Crippen LogP contribution in [0.4, 0.5) is 5.69 Å². The van der Waals surface area contributed by atoms with E-state index >= 15 is 0 Å². The molecule has 1 aromatic heterocycles.